The average molecular weight is 366 g/mol. The standard InChI is InChI=1S/C21H20ClN3O/c1-14-19(13-23-25(14)18-9-5-8-17(22)12-18)21(26)24-20(16-10-11-16)15-6-3-2-4-7-15/h2-9,12-13,16,20H,10-11H2,1H3,(H,24,26). The van der Waals surface area contributed by atoms with Gasteiger partial charge in [-0.05, 0) is 49.4 Å². The molecule has 1 N–H and O–H groups in total. The molecule has 1 fully saturated rings. The van der Waals surface area contributed by atoms with Gasteiger partial charge in [-0.3, -0.25) is 4.79 Å². The van der Waals surface area contributed by atoms with E-state index in [0.29, 0.717) is 16.5 Å². The quantitative estimate of drug-likeness (QED) is 0.711. The van der Waals surface area contributed by atoms with Crippen molar-refractivity contribution in [3.63, 3.8) is 0 Å². The molecule has 132 valence electrons. The summed E-state index contributed by atoms with van der Waals surface area (Å²) in [5.41, 5.74) is 3.39. The second-order valence-corrected chi connectivity index (χ2v) is 7.17. The number of nitrogens with zero attached hydrogens (tertiary/aromatic N) is 2. The highest BCUT2D eigenvalue weighted by atomic mass is 35.5. The van der Waals surface area contributed by atoms with Gasteiger partial charge in [0.1, 0.15) is 0 Å². The predicted octanol–water partition coefficient (Wildman–Crippen LogP) is 4.72. The van der Waals surface area contributed by atoms with Gasteiger partial charge in [0.2, 0.25) is 0 Å². The van der Waals surface area contributed by atoms with E-state index < -0.39 is 0 Å². The zero-order chi connectivity index (χ0) is 18.1. The van der Waals surface area contributed by atoms with Gasteiger partial charge in [0, 0.05) is 5.02 Å². The molecule has 0 spiro atoms. The molecule has 4 nitrogen and oxygen atoms in total. The Labute approximate surface area is 157 Å². The maximum Gasteiger partial charge on any atom is 0.255 e. The largest absolute Gasteiger partial charge is 0.345 e. The number of hydrogen-bond acceptors (Lipinski definition) is 2. The lowest BCUT2D eigenvalue weighted by Gasteiger charge is -2.18. The van der Waals surface area contributed by atoms with E-state index in [-0.39, 0.29) is 11.9 Å². The van der Waals surface area contributed by atoms with Gasteiger partial charge < -0.3 is 5.32 Å². The van der Waals surface area contributed by atoms with E-state index in [4.69, 9.17) is 11.6 Å². The SMILES string of the molecule is Cc1c(C(=O)NC(c2ccccc2)C2CC2)cnn1-c1cccc(Cl)c1. The lowest BCUT2D eigenvalue weighted by Crippen LogP contribution is -2.30. The predicted molar refractivity (Wildman–Crippen MR) is 103 cm³/mol. The highest BCUT2D eigenvalue weighted by Crippen LogP contribution is 2.41. The Morgan fingerprint density at radius 2 is 1.96 bits per heavy atom. The number of carbonyl (C=O) groups is 1. The van der Waals surface area contributed by atoms with E-state index in [1.54, 1.807) is 10.9 Å². The minimum absolute atomic E-state index is 0.0534. The third-order valence-electron chi connectivity index (χ3n) is 4.85. The molecule has 1 unspecified atom stereocenters. The molecule has 5 heteroatoms. The van der Waals surface area contributed by atoms with Gasteiger partial charge in [-0.2, -0.15) is 5.10 Å². The molecule has 1 atom stereocenters. The first-order chi connectivity index (χ1) is 12.6. The highest BCUT2D eigenvalue weighted by molar-refractivity contribution is 6.30. The third kappa shape index (κ3) is 3.37. The van der Waals surface area contributed by atoms with Gasteiger partial charge in [-0.25, -0.2) is 4.68 Å². The number of rotatable bonds is 5. The summed E-state index contributed by atoms with van der Waals surface area (Å²) >= 11 is 6.07. The van der Waals surface area contributed by atoms with Crippen molar-refractivity contribution < 1.29 is 4.79 Å². The van der Waals surface area contributed by atoms with E-state index in [2.05, 4.69) is 22.5 Å². The number of carbonyl (C=O) groups excluding carboxylic acids is 1. The van der Waals surface area contributed by atoms with Crippen molar-refractivity contribution >= 4 is 17.5 Å². The van der Waals surface area contributed by atoms with Crippen LogP contribution in [0.2, 0.25) is 5.02 Å². The lowest BCUT2D eigenvalue weighted by atomic mass is 10.0. The fourth-order valence-corrected chi connectivity index (χ4v) is 3.47. The van der Waals surface area contributed by atoms with Gasteiger partial charge in [-0.15, -0.1) is 0 Å². The van der Waals surface area contributed by atoms with E-state index in [9.17, 15) is 4.79 Å². The van der Waals surface area contributed by atoms with Gasteiger partial charge >= 0.3 is 0 Å². The molecule has 1 aliphatic carbocycles. The summed E-state index contributed by atoms with van der Waals surface area (Å²) in [6.07, 6.45) is 3.93. The van der Waals surface area contributed by atoms with Crippen molar-refractivity contribution in [1.82, 2.24) is 15.1 Å². The molecule has 2 aromatic carbocycles. The first-order valence-electron chi connectivity index (χ1n) is 8.80. The molecular weight excluding hydrogens is 346 g/mol. The Morgan fingerprint density at radius 1 is 1.19 bits per heavy atom. The Kier molecular flexibility index (Phi) is 4.51. The van der Waals surface area contributed by atoms with Crippen molar-refractivity contribution in [1.29, 1.82) is 0 Å². The molecular formula is C21H20ClN3O. The van der Waals surface area contributed by atoms with Crippen LogP contribution in [0.5, 0.6) is 0 Å². The molecule has 26 heavy (non-hydrogen) atoms. The number of aromatic nitrogens is 2. The summed E-state index contributed by atoms with van der Waals surface area (Å²) in [6, 6.07) is 17.7. The van der Waals surface area contributed by atoms with Crippen LogP contribution in [-0.2, 0) is 0 Å². The zero-order valence-corrected chi connectivity index (χ0v) is 15.3. The Balaban J connectivity index is 1.59. The molecule has 1 saturated carbocycles. The Hall–Kier alpha value is -2.59. The van der Waals surface area contributed by atoms with Crippen LogP contribution in [0.1, 0.15) is 40.5 Å². The molecule has 1 aliphatic rings. The maximum absolute atomic E-state index is 12.9. The summed E-state index contributed by atoms with van der Waals surface area (Å²) in [5, 5.41) is 8.24. The van der Waals surface area contributed by atoms with Crippen LogP contribution in [0, 0.1) is 12.8 Å². The first kappa shape index (κ1) is 16.9. The van der Waals surface area contributed by atoms with Crippen molar-refractivity contribution in [2.75, 3.05) is 0 Å². The summed E-state index contributed by atoms with van der Waals surface area (Å²) < 4.78 is 1.75. The molecule has 0 bridgehead atoms. The average Bonchev–Trinajstić information content (AvgIpc) is 3.42. The zero-order valence-electron chi connectivity index (χ0n) is 14.5. The third-order valence-corrected chi connectivity index (χ3v) is 5.08. The molecule has 0 saturated heterocycles. The monoisotopic (exact) mass is 365 g/mol. The van der Waals surface area contributed by atoms with Crippen molar-refractivity contribution in [2.24, 2.45) is 5.92 Å². The van der Waals surface area contributed by atoms with Crippen molar-refractivity contribution in [2.45, 2.75) is 25.8 Å². The van der Waals surface area contributed by atoms with E-state index >= 15 is 0 Å². The first-order valence-corrected chi connectivity index (χ1v) is 9.17. The molecule has 3 aromatic rings. The van der Waals surface area contributed by atoms with E-state index in [1.807, 2.05) is 49.4 Å². The van der Waals surface area contributed by atoms with Crippen LogP contribution in [0.4, 0.5) is 0 Å². The van der Waals surface area contributed by atoms with Crippen LogP contribution in [0.25, 0.3) is 5.69 Å². The molecule has 1 amide bonds. The fourth-order valence-electron chi connectivity index (χ4n) is 3.28. The van der Waals surface area contributed by atoms with Gasteiger partial charge in [0.05, 0.1) is 29.2 Å². The topological polar surface area (TPSA) is 46.9 Å². The Bertz CT molecular complexity index is 931. The van der Waals surface area contributed by atoms with Crippen molar-refractivity contribution in [3.05, 3.63) is 82.6 Å². The minimum atomic E-state index is -0.0865. The highest BCUT2D eigenvalue weighted by Gasteiger charge is 2.34. The fraction of sp³-hybridized carbons (Fsp3) is 0.238. The van der Waals surface area contributed by atoms with Crippen LogP contribution < -0.4 is 5.32 Å². The number of amides is 1. The Morgan fingerprint density at radius 3 is 2.65 bits per heavy atom. The molecule has 0 aliphatic heterocycles. The summed E-state index contributed by atoms with van der Waals surface area (Å²) in [6.45, 7) is 1.90. The number of nitrogens with one attached hydrogen (secondary N) is 1. The van der Waals surface area contributed by atoms with Gasteiger partial charge in [0.15, 0.2) is 0 Å². The van der Waals surface area contributed by atoms with Crippen molar-refractivity contribution in [3.8, 4) is 5.69 Å². The van der Waals surface area contributed by atoms with Crippen LogP contribution in [-0.4, -0.2) is 15.7 Å². The number of hydrogen-bond donors (Lipinski definition) is 1. The van der Waals surface area contributed by atoms with E-state index in [1.165, 1.54) is 0 Å². The molecule has 4 rings (SSSR count). The lowest BCUT2D eigenvalue weighted by molar-refractivity contribution is 0.0931. The van der Waals surface area contributed by atoms with Crippen LogP contribution in [0.3, 0.4) is 0 Å². The van der Waals surface area contributed by atoms with Gasteiger partial charge in [0.25, 0.3) is 5.91 Å². The second kappa shape index (κ2) is 6.96. The normalized spacial score (nSPS) is 14.8. The minimum Gasteiger partial charge on any atom is -0.345 e. The summed E-state index contributed by atoms with van der Waals surface area (Å²) in [4.78, 5) is 12.9. The molecule has 1 aromatic heterocycles. The number of benzene rings is 2. The van der Waals surface area contributed by atoms with Crippen LogP contribution in [0.15, 0.2) is 60.8 Å². The second-order valence-electron chi connectivity index (χ2n) is 6.73. The summed E-state index contributed by atoms with van der Waals surface area (Å²) in [7, 11) is 0. The van der Waals surface area contributed by atoms with Crippen LogP contribution >= 0.6 is 11.6 Å². The maximum atomic E-state index is 12.9. The molecule has 1 heterocycles. The van der Waals surface area contributed by atoms with Gasteiger partial charge in [-0.1, -0.05) is 48.0 Å². The summed E-state index contributed by atoms with van der Waals surface area (Å²) in [5.74, 6) is 0.432. The number of halogens is 1. The smallest absolute Gasteiger partial charge is 0.255 e. The van der Waals surface area contributed by atoms with E-state index in [0.717, 1.165) is 29.8 Å². The molecule has 0 radical (unpaired) electrons.